The lowest BCUT2D eigenvalue weighted by atomic mass is 9.89. The number of nitrogens with zero attached hydrogens (tertiary/aromatic N) is 5. The van der Waals surface area contributed by atoms with Crippen molar-refractivity contribution in [2.24, 2.45) is 0 Å². The number of fused-ring (bicyclic) bond motifs is 1. The van der Waals surface area contributed by atoms with E-state index in [2.05, 4.69) is 37.3 Å². The number of halogens is 3. The molecule has 1 atom stereocenters. The van der Waals surface area contributed by atoms with Crippen molar-refractivity contribution in [3.63, 3.8) is 0 Å². The number of H-pyrrole nitrogens is 1. The van der Waals surface area contributed by atoms with E-state index >= 15 is 0 Å². The predicted octanol–water partition coefficient (Wildman–Crippen LogP) is 3.39. The van der Waals surface area contributed by atoms with Crippen LogP contribution in [0.4, 0.5) is 24.8 Å². The molecule has 0 fully saturated rings. The minimum Gasteiger partial charge on any atom is -0.554 e. The number of quaternary nitrogens is 1. The van der Waals surface area contributed by atoms with Crippen LogP contribution in [0.2, 0.25) is 0 Å². The van der Waals surface area contributed by atoms with Gasteiger partial charge in [-0.2, -0.15) is 18.4 Å². The van der Waals surface area contributed by atoms with Crippen molar-refractivity contribution in [3.05, 3.63) is 86.5 Å². The van der Waals surface area contributed by atoms with Gasteiger partial charge in [-0.3, -0.25) is 4.90 Å². The number of carbonyl (C=O) groups excluding carboxylic acids is 2. The van der Waals surface area contributed by atoms with Crippen LogP contribution in [-0.4, -0.2) is 59.4 Å². The van der Waals surface area contributed by atoms with Gasteiger partial charge in [0.15, 0.2) is 0 Å². The van der Waals surface area contributed by atoms with Crippen LogP contribution in [0.3, 0.4) is 0 Å². The van der Waals surface area contributed by atoms with Crippen molar-refractivity contribution in [2.75, 3.05) is 32.6 Å². The van der Waals surface area contributed by atoms with Crippen LogP contribution in [0.15, 0.2) is 58.5 Å². The molecule has 2 heterocycles. The minimum absolute atomic E-state index is 0.0134. The molecule has 0 saturated heterocycles. The molecular formula is C30H33F3N6O5. The number of unbranched alkanes of at least 4 members (excludes halogenated alkanes) is 1. The van der Waals surface area contributed by atoms with E-state index in [0.717, 1.165) is 37.1 Å². The molecule has 0 bridgehead atoms. The zero-order chi connectivity index (χ0) is 32.8. The number of aromatic amines is 1. The normalized spacial score (nSPS) is 14.7. The highest BCUT2D eigenvalue weighted by Gasteiger charge is 2.41. The maximum atomic E-state index is 13.6. The van der Waals surface area contributed by atoms with Gasteiger partial charge in [0, 0.05) is 23.4 Å². The number of carbonyl (C=O) groups is 2. The Morgan fingerprint density at radius 3 is 2.52 bits per heavy atom. The number of nitrogens with one attached hydrogen (secondary N) is 1. The summed E-state index contributed by atoms with van der Waals surface area (Å²) in [5, 5.41) is 24.4. The molecule has 1 N–H and O–H groups in total. The van der Waals surface area contributed by atoms with E-state index in [0.29, 0.717) is 22.2 Å². The van der Waals surface area contributed by atoms with E-state index in [1.54, 1.807) is 25.1 Å². The number of allylic oxidation sites excluding steroid dienone is 1. The molecule has 2 aromatic carbocycles. The second-order valence-corrected chi connectivity index (χ2v) is 10.8. The third-order valence-electron chi connectivity index (χ3n) is 7.26. The third-order valence-corrected chi connectivity index (χ3v) is 7.26. The standard InChI is InChI=1S/C29H31F3N6O3.CH2O2/c1-6-7-13-38(3,4)17-20-14-19(16-33)11-12-23(20)25-24(26(39)41-5)18(2)36(27-34-35-28(40)37(25)27)22-10-8-9-21(15-22)29(30,31)32;2-1-3/h8-12,14-15,25H,6-7,13,17H2,1-5H3;1H,(H,2,3)/t25-;/m1./s1. The smallest absolute Gasteiger partial charge is 0.416 e. The number of esters is 1. The lowest BCUT2D eigenvalue weighted by molar-refractivity contribution is -0.903. The number of benzene rings is 2. The number of methoxy groups -OCH3 is 1. The molecule has 234 valence electrons. The van der Waals surface area contributed by atoms with Crippen molar-refractivity contribution < 1.29 is 37.1 Å². The first-order valence-electron chi connectivity index (χ1n) is 13.6. The number of carboxylic acid groups (broad SMARTS) is 1. The summed E-state index contributed by atoms with van der Waals surface area (Å²) in [6, 6.07) is 10.8. The fraction of sp³-hybridized carbons (Fsp3) is 0.367. The van der Waals surface area contributed by atoms with E-state index in [4.69, 9.17) is 14.6 Å². The number of hydrogen-bond acceptors (Lipinski definition) is 8. The van der Waals surface area contributed by atoms with Gasteiger partial charge in [0.2, 0.25) is 5.95 Å². The van der Waals surface area contributed by atoms with Crippen molar-refractivity contribution in [1.29, 1.82) is 5.26 Å². The number of rotatable bonds is 8. The molecule has 3 aromatic rings. The third kappa shape index (κ3) is 7.00. The van der Waals surface area contributed by atoms with E-state index in [-0.39, 0.29) is 22.9 Å². The highest BCUT2D eigenvalue weighted by atomic mass is 19.4. The van der Waals surface area contributed by atoms with Crippen LogP contribution >= 0.6 is 0 Å². The summed E-state index contributed by atoms with van der Waals surface area (Å²) in [6.07, 6.45) is -2.63. The van der Waals surface area contributed by atoms with Gasteiger partial charge >= 0.3 is 17.8 Å². The lowest BCUT2D eigenvalue weighted by Crippen LogP contribution is -2.41. The molecule has 0 spiro atoms. The van der Waals surface area contributed by atoms with Crippen molar-refractivity contribution in [3.8, 4) is 6.07 Å². The molecule has 14 heteroatoms. The SMILES string of the molecule is CCCC[N+](C)(C)Cc1cc(C#N)ccc1[C@@H]1C(C(=O)OC)=C(C)N(c2cccc(C(F)(F)F)c2)c2n[nH]c(=O)n21.O=C[O-]. The summed E-state index contributed by atoms with van der Waals surface area (Å²) in [5.74, 6) is -0.738. The summed E-state index contributed by atoms with van der Waals surface area (Å²) in [6.45, 7) is 4.53. The average Bonchev–Trinajstić information content (AvgIpc) is 3.35. The number of ether oxygens (including phenoxy) is 1. The number of nitriles is 1. The zero-order valence-electron chi connectivity index (χ0n) is 24.9. The molecule has 0 aliphatic carbocycles. The Morgan fingerprint density at radius 1 is 1.25 bits per heavy atom. The Balaban J connectivity index is 0.00000169. The first-order chi connectivity index (χ1) is 20.7. The number of anilines is 2. The zero-order valence-corrected chi connectivity index (χ0v) is 24.9. The summed E-state index contributed by atoms with van der Waals surface area (Å²) >= 11 is 0. The molecule has 0 unspecified atom stereocenters. The van der Waals surface area contributed by atoms with Gasteiger partial charge < -0.3 is 19.1 Å². The maximum absolute atomic E-state index is 13.6. The Bertz CT molecular complexity index is 1650. The summed E-state index contributed by atoms with van der Waals surface area (Å²) in [5.41, 5.74) is 0.571. The number of aromatic nitrogens is 3. The van der Waals surface area contributed by atoms with E-state index in [1.165, 1.54) is 28.7 Å². The first-order valence-corrected chi connectivity index (χ1v) is 13.6. The van der Waals surface area contributed by atoms with Crippen LogP contribution in [-0.2, 0) is 27.0 Å². The van der Waals surface area contributed by atoms with Crippen LogP contribution in [0.5, 0.6) is 0 Å². The summed E-state index contributed by atoms with van der Waals surface area (Å²) in [4.78, 5) is 36.2. The Kier molecular flexibility index (Phi) is 10.4. The quantitative estimate of drug-likeness (QED) is 0.231. The van der Waals surface area contributed by atoms with Gasteiger partial charge in [0.25, 0.3) is 0 Å². The fourth-order valence-corrected chi connectivity index (χ4v) is 5.28. The second-order valence-electron chi connectivity index (χ2n) is 10.8. The molecule has 44 heavy (non-hydrogen) atoms. The van der Waals surface area contributed by atoms with Gasteiger partial charge in [-0.1, -0.05) is 25.5 Å². The van der Waals surface area contributed by atoms with Gasteiger partial charge in [-0.25, -0.2) is 19.3 Å². The average molecular weight is 615 g/mol. The molecule has 11 nitrogen and oxygen atoms in total. The summed E-state index contributed by atoms with van der Waals surface area (Å²) < 4.78 is 47.7. The Morgan fingerprint density at radius 2 is 1.93 bits per heavy atom. The topological polar surface area (TPSA) is 144 Å². The van der Waals surface area contributed by atoms with Crippen LogP contribution in [0, 0.1) is 11.3 Å². The second kappa shape index (κ2) is 13.6. The van der Waals surface area contributed by atoms with Gasteiger partial charge in [0.1, 0.15) is 12.6 Å². The molecule has 1 aliphatic rings. The van der Waals surface area contributed by atoms with Gasteiger partial charge in [-0.05, 0) is 49.2 Å². The first kappa shape index (κ1) is 33.6. The van der Waals surface area contributed by atoms with Crippen LogP contribution in [0.1, 0.15) is 55.0 Å². The van der Waals surface area contributed by atoms with E-state index in [1.807, 2.05) is 0 Å². The maximum Gasteiger partial charge on any atom is 0.416 e. The summed E-state index contributed by atoms with van der Waals surface area (Å²) in [7, 11) is 5.32. The molecule has 0 amide bonds. The highest BCUT2D eigenvalue weighted by Crippen LogP contribution is 2.43. The van der Waals surface area contributed by atoms with Gasteiger partial charge in [-0.15, -0.1) is 5.10 Å². The molecular weight excluding hydrogens is 581 g/mol. The molecule has 1 aromatic heterocycles. The molecule has 0 saturated carbocycles. The van der Waals surface area contributed by atoms with Crippen molar-refractivity contribution >= 4 is 24.1 Å². The molecule has 4 rings (SSSR count). The lowest BCUT2D eigenvalue weighted by Gasteiger charge is -2.37. The van der Waals surface area contributed by atoms with Crippen LogP contribution < -0.4 is 15.7 Å². The van der Waals surface area contributed by atoms with Gasteiger partial charge in [0.05, 0.1) is 50.5 Å². The number of hydrogen-bond donors (Lipinski definition) is 1. The molecule has 1 aliphatic heterocycles. The Labute approximate surface area is 252 Å². The monoisotopic (exact) mass is 614 g/mol. The van der Waals surface area contributed by atoms with Crippen molar-refractivity contribution in [2.45, 2.75) is 45.5 Å². The highest BCUT2D eigenvalue weighted by molar-refractivity contribution is 5.93. The molecule has 0 radical (unpaired) electrons. The predicted molar refractivity (Wildman–Crippen MR) is 152 cm³/mol. The van der Waals surface area contributed by atoms with Crippen molar-refractivity contribution in [1.82, 2.24) is 14.8 Å². The number of alkyl halides is 3. The van der Waals surface area contributed by atoms with E-state index in [9.17, 15) is 28.0 Å². The largest absolute Gasteiger partial charge is 0.554 e. The Hall–Kier alpha value is -4.90. The minimum atomic E-state index is -4.61. The fourth-order valence-electron chi connectivity index (χ4n) is 5.28. The van der Waals surface area contributed by atoms with E-state index < -0.39 is 35.9 Å². The van der Waals surface area contributed by atoms with Crippen LogP contribution in [0.25, 0.3) is 0 Å².